The molecular formula is C13H22N2. The zero-order chi connectivity index (χ0) is 11.3. The van der Waals surface area contributed by atoms with Crippen LogP contribution in [0.4, 0.5) is 0 Å². The van der Waals surface area contributed by atoms with Gasteiger partial charge in [-0.2, -0.15) is 0 Å². The Balaban J connectivity index is 2.52. The summed E-state index contributed by atoms with van der Waals surface area (Å²) in [7, 11) is 2.14. The van der Waals surface area contributed by atoms with Crippen LogP contribution in [-0.4, -0.2) is 31.1 Å². The fourth-order valence-corrected chi connectivity index (χ4v) is 1.68. The minimum atomic E-state index is 0.455. The van der Waals surface area contributed by atoms with Crippen LogP contribution in [0.15, 0.2) is 30.3 Å². The molecule has 2 unspecified atom stereocenters. The topological polar surface area (TPSA) is 29.3 Å². The Hall–Kier alpha value is -0.860. The van der Waals surface area contributed by atoms with Crippen LogP contribution in [0.25, 0.3) is 0 Å². The number of benzene rings is 1. The van der Waals surface area contributed by atoms with Gasteiger partial charge in [-0.1, -0.05) is 37.3 Å². The van der Waals surface area contributed by atoms with E-state index in [0.717, 1.165) is 13.1 Å². The average molecular weight is 206 g/mol. The molecule has 0 radical (unpaired) electrons. The van der Waals surface area contributed by atoms with Crippen molar-refractivity contribution in [3.63, 3.8) is 0 Å². The summed E-state index contributed by atoms with van der Waals surface area (Å²) in [5.41, 5.74) is 7.04. The molecule has 0 aromatic heterocycles. The van der Waals surface area contributed by atoms with Gasteiger partial charge in [0, 0.05) is 19.1 Å². The van der Waals surface area contributed by atoms with E-state index in [1.54, 1.807) is 0 Å². The molecule has 0 aliphatic carbocycles. The maximum atomic E-state index is 5.65. The van der Waals surface area contributed by atoms with Gasteiger partial charge in [-0.3, -0.25) is 0 Å². The molecule has 2 atom stereocenters. The van der Waals surface area contributed by atoms with Gasteiger partial charge in [-0.15, -0.1) is 0 Å². The highest BCUT2D eigenvalue weighted by Crippen LogP contribution is 2.16. The number of rotatable bonds is 5. The molecule has 0 saturated carbocycles. The van der Waals surface area contributed by atoms with Crippen molar-refractivity contribution in [3.8, 4) is 0 Å². The lowest BCUT2D eigenvalue weighted by Crippen LogP contribution is -2.37. The van der Waals surface area contributed by atoms with Crippen molar-refractivity contribution in [2.75, 3.05) is 20.1 Å². The SMILES string of the molecule is CC(CN(C)C(C)CN)c1ccccc1. The Bertz CT molecular complexity index is 271. The third-order valence-corrected chi connectivity index (χ3v) is 3.02. The van der Waals surface area contributed by atoms with Crippen molar-refractivity contribution in [1.82, 2.24) is 4.90 Å². The maximum Gasteiger partial charge on any atom is 0.0187 e. The molecule has 2 N–H and O–H groups in total. The van der Waals surface area contributed by atoms with Gasteiger partial charge in [0.25, 0.3) is 0 Å². The molecule has 1 aromatic carbocycles. The van der Waals surface area contributed by atoms with Gasteiger partial charge in [0.15, 0.2) is 0 Å². The van der Waals surface area contributed by atoms with Crippen LogP contribution in [0.2, 0.25) is 0 Å². The quantitative estimate of drug-likeness (QED) is 0.799. The Morgan fingerprint density at radius 3 is 2.33 bits per heavy atom. The third-order valence-electron chi connectivity index (χ3n) is 3.02. The highest BCUT2D eigenvalue weighted by Gasteiger charge is 2.12. The minimum absolute atomic E-state index is 0.455. The van der Waals surface area contributed by atoms with Crippen LogP contribution < -0.4 is 5.73 Å². The lowest BCUT2D eigenvalue weighted by atomic mass is 10.0. The van der Waals surface area contributed by atoms with Crippen molar-refractivity contribution in [2.24, 2.45) is 5.73 Å². The normalized spacial score (nSPS) is 15.3. The maximum absolute atomic E-state index is 5.65. The zero-order valence-corrected chi connectivity index (χ0v) is 9.98. The molecule has 0 aliphatic heterocycles. The highest BCUT2D eigenvalue weighted by molar-refractivity contribution is 5.19. The number of nitrogens with two attached hydrogens (primary N) is 1. The van der Waals surface area contributed by atoms with E-state index in [-0.39, 0.29) is 0 Å². The summed E-state index contributed by atoms with van der Waals surface area (Å²) in [6.45, 7) is 6.20. The number of likely N-dealkylation sites (N-methyl/N-ethyl adjacent to an activating group) is 1. The first-order valence-corrected chi connectivity index (χ1v) is 5.60. The Kier molecular flexibility index (Phi) is 4.79. The van der Waals surface area contributed by atoms with Crippen LogP contribution in [-0.2, 0) is 0 Å². The molecule has 84 valence electrons. The van der Waals surface area contributed by atoms with Gasteiger partial charge in [0.05, 0.1) is 0 Å². The van der Waals surface area contributed by atoms with E-state index in [4.69, 9.17) is 5.73 Å². The molecule has 0 amide bonds. The molecule has 15 heavy (non-hydrogen) atoms. The van der Waals surface area contributed by atoms with Crippen molar-refractivity contribution in [2.45, 2.75) is 25.8 Å². The second-order valence-corrected chi connectivity index (χ2v) is 4.34. The summed E-state index contributed by atoms with van der Waals surface area (Å²) < 4.78 is 0. The van der Waals surface area contributed by atoms with Crippen molar-refractivity contribution in [1.29, 1.82) is 0 Å². The van der Waals surface area contributed by atoms with E-state index in [1.165, 1.54) is 5.56 Å². The van der Waals surface area contributed by atoms with Crippen LogP contribution in [0.3, 0.4) is 0 Å². The Morgan fingerprint density at radius 1 is 1.20 bits per heavy atom. The first kappa shape index (κ1) is 12.2. The molecule has 0 aliphatic rings. The molecule has 1 rings (SSSR count). The van der Waals surface area contributed by atoms with Gasteiger partial charge >= 0.3 is 0 Å². The number of nitrogens with zero attached hydrogens (tertiary/aromatic N) is 1. The highest BCUT2D eigenvalue weighted by atomic mass is 15.1. The molecule has 1 aromatic rings. The molecule has 0 heterocycles. The van der Waals surface area contributed by atoms with Crippen molar-refractivity contribution >= 4 is 0 Å². The smallest absolute Gasteiger partial charge is 0.0187 e. The summed E-state index contributed by atoms with van der Waals surface area (Å²) >= 11 is 0. The predicted molar refractivity (Wildman–Crippen MR) is 66.0 cm³/mol. The molecule has 0 fully saturated rings. The fourth-order valence-electron chi connectivity index (χ4n) is 1.68. The summed E-state index contributed by atoms with van der Waals surface area (Å²) in [6.07, 6.45) is 0. The van der Waals surface area contributed by atoms with E-state index < -0.39 is 0 Å². The van der Waals surface area contributed by atoms with Crippen LogP contribution in [0.1, 0.15) is 25.3 Å². The van der Waals surface area contributed by atoms with E-state index in [1.807, 2.05) is 0 Å². The summed E-state index contributed by atoms with van der Waals surface area (Å²) in [5, 5.41) is 0. The van der Waals surface area contributed by atoms with Crippen LogP contribution in [0, 0.1) is 0 Å². The van der Waals surface area contributed by atoms with Gasteiger partial charge in [0.1, 0.15) is 0 Å². The third kappa shape index (κ3) is 3.65. The molecule has 2 nitrogen and oxygen atoms in total. The monoisotopic (exact) mass is 206 g/mol. The number of hydrogen-bond acceptors (Lipinski definition) is 2. The molecule has 2 heteroatoms. The van der Waals surface area contributed by atoms with Crippen molar-refractivity contribution in [3.05, 3.63) is 35.9 Å². The standard InChI is InChI=1S/C13H22N2/c1-11(10-15(3)12(2)9-14)13-7-5-4-6-8-13/h4-8,11-12H,9-10,14H2,1-3H3. The summed E-state index contributed by atoms with van der Waals surface area (Å²) in [6, 6.07) is 11.1. The van der Waals surface area contributed by atoms with Gasteiger partial charge in [-0.05, 0) is 25.5 Å². The first-order chi connectivity index (χ1) is 7.15. The largest absolute Gasteiger partial charge is 0.329 e. The van der Waals surface area contributed by atoms with Crippen LogP contribution >= 0.6 is 0 Å². The molecule has 0 spiro atoms. The van der Waals surface area contributed by atoms with E-state index >= 15 is 0 Å². The minimum Gasteiger partial charge on any atom is -0.329 e. The lowest BCUT2D eigenvalue weighted by molar-refractivity contribution is 0.251. The Morgan fingerprint density at radius 2 is 1.80 bits per heavy atom. The molecule has 0 saturated heterocycles. The van der Waals surface area contributed by atoms with E-state index in [2.05, 4.69) is 56.1 Å². The molecule has 0 bridgehead atoms. The molecular weight excluding hydrogens is 184 g/mol. The van der Waals surface area contributed by atoms with Gasteiger partial charge in [-0.25, -0.2) is 0 Å². The van der Waals surface area contributed by atoms with Gasteiger partial charge in [0.2, 0.25) is 0 Å². The van der Waals surface area contributed by atoms with E-state index in [9.17, 15) is 0 Å². The van der Waals surface area contributed by atoms with E-state index in [0.29, 0.717) is 12.0 Å². The number of hydrogen-bond donors (Lipinski definition) is 1. The second-order valence-electron chi connectivity index (χ2n) is 4.34. The average Bonchev–Trinajstić information content (AvgIpc) is 2.29. The second kappa shape index (κ2) is 5.89. The van der Waals surface area contributed by atoms with Crippen molar-refractivity contribution < 1.29 is 0 Å². The fraction of sp³-hybridized carbons (Fsp3) is 0.538. The Labute approximate surface area is 93.1 Å². The lowest BCUT2D eigenvalue weighted by Gasteiger charge is -2.26. The zero-order valence-electron chi connectivity index (χ0n) is 9.98. The summed E-state index contributed by atoms with van der Waals surface area (Å²) in [4.78, 5) is 2.32. The predicted octanol–water partition coefficient (Wildman–Crippen LogP) is 2.07. The first-order valence-electron chi connectivity index (χ1n) is 5.60. The van der Waals surface area contributed by atoms with Gasteiger partial charge < -0.3 is 10.6 Å². The van der Waals surface area contributed by atoms with Crippen LogP contribution in [0.5, 0.6) is 0 Å². The summed E-state index contributed by atoms with van der Waals surface area (Å²) in [5.74, 6) is 0.560.